The van der Waals surface area contributed by atoms with Gasteiger partial charge in [-0.2, -0.15) is 36.5 Å². The number of hydrogen-bond donors (Lipinski definition) is 2. The standard InChI is InChI=1S/C14H12ClF6N5O/c1-5-9(12(24-23-5)14(19,20)21)22-7(27)4-26-10(6-2-3-6)8(15)11(25-26)13(16,17)18/h6H,2-4H2,1H3,(H,22,27)(H,23,24). The van der Waals surface area contributed by atoms with Gasteiger partial charge < -0.3 is 5.32 Å². The summed E-state index contributed by atoms with van der Waals surface area (Å²) in [6.45, 7) is 0.545. The van der Waals surface area contributed by atoms with Crippen LogP contribution in [0.2, 0.25) is 5.02 Å². The van der Waals surface area contributed by atoms with Crippen LogP contribution in [0.15, 0.2) is 0 Å². The monoisotopic (exact) mass is 415 g/mol. The number of anilines is 1. The van der Waals surface area contributed by atoms with E-state index < -0.39 is 46.9 Å². The zero-order chi connectivity index (χ0) is 20.1. The molecule has 3 rings (SSSR count). The summed E-state index contributed by atoms with van der Waals surface area (Å²) in [6, 6.07) is 0. The van der Waals surface area contributed by atoms with Crippen LogP contribution in [-0.4, -0.2) is 25.9 Å². The first kappa shape index (κ1) is 19.5. The number of aryl methyl sites for hydroxylation is 1. The lowest BCUT2D eigenvalue weighted by atomic mass is 10.2. The van der Waals surface area contributed by atoms with E-state index >= 15 is 0 Å². The first-order valence-electron chi connectivity index (χ1n) is 7.65. The number of nitrogens with one attached hydrogen (secondary N) is 2. The van der Waals surface area contributed by atoms with E-state index in [9.17, 15) is 31.1 Å². The minimum absolute atomic E-state index is 0.0485. The summed E-state index contributed by atoms with van der Waals surface area (Å²) in [5.41, 5.74) is -3.24. The lowest BCUT2D eigenvalue weighted by Gasteiger charge is -2.10. The Kier molecular flexibility index (Phi) is 4.65. The molecule has 1 aliphatic rings. The van der Waals surface area contributed by atoms with Crippen molar-refractivity contribution in [1.82, 2.24) is 20.0 Å². The van der Waals surface area contributed by atoms with Gasteiger partial charge in [0.25, 0.3) is 0 Å². The molecule has 27 heavy (non-hydrogen) atoms. The molecule has 0 spiro atoms. The Morgan fingerprint density at radius 1 is 1.22 bits per heavy atom. The molecular weight excluding hydrogens is 404 g/mol. The fraction of sp³-hybridized carbons (Fsp3) is 0.500. The number of aromatic amines is 1. The Hall–Kier alpha value is -2.24. The highest BCUT2D eigenvalue weighted by Gasteiger charge is 2.42. The second-order valence-corrected chi connectivity index (χ2v) is 6.47. The van der Waals surface area contributed by atoms with Crippen LogP contribution < -0.4 is 5.32 Å². The molecule has 6 nitrogen and oxygen atoms in total. The molecule has 2 aromatic heterocycles. The topological polar surface area (TPSA) is 75.6 Å². The molecule has 1 aliphatic carbocycles. The molecule has 0 aromatic carbocycles. The van der Waals surface area contributed by atoms with Crippen LogP contribution >= 0.6 is 11.6 Å². The summed E-state index contributed by atoms with van der Waals surface area (Å²) in [7, 11) is 0. The first-order valence-corrected chi connectivity index (χ1v) is 8.02. The maximum absolute atomic E-state index is 13.0. The molecule has 0 atom stereocenters. The SMILES string of the molecule is Cc1[nH]nc(C(F)(F)F)c1NC(=O)Cn1nc(C(F)(F)F)c(Cl)c1C1CC1. The van der Waals surface area contributed by atoms with Crippen LogP contribution in [0.3, 0.4) is 0 Å². The van der Waals surface area contributed by atoms with Gasteiger partial charge in [0.15, 0.2) is 11.4 Å². The molecule has 0 unspecified atom stereocenters. The van der Waals surface area contributed by atoms with Gasteiger partial charge in [-0.05, 0) is 19.8 Å². The van der Waals surface area contributed by atoms with Crippen molar-refractivity contribution in [1.29, 1.82) is 0 Å². The summed E-state index contributed by atoms with van der Waals surface area (Å²) in [5.74, 6) is -1.25. The quantitative estimate of drug-likeness (QED) is 0.737. The van der Waals surface area contributed by atoms with Crippen LogP contribution in [0.1, 0.15) is 41.5 Å². The van der Waals surface area contributed by atoms with Crippen LogP contribution in [0.5, 0.6) is 0 Å². The zero-order valence-corrected chi connectivity index (χ0v) is 14.4. The summed E-state index contributed by atoms with van der Waals surface area (Å²) in [4.78, 5) is 12.2. The third kappa shape index (κ3) is 3.89. The molecule has 1 saturated carbocycles. The number of alkyl halides is 6. The molecule has 2 aromatic rings. The van der Waals surface area contributed by atoms with E-state index in [0.29, 0.717) is 12.8 Å². The molecule has 2 heterocycles. The van der Waals surface area contributed by atoms with E-state index in [1.807, 2.05) is 5.32 Å². The molecule has 0 radical (unpaired) electrons. The number of halogens is 7. The number of nitrogens with zero attached hydrogens (tertiary/aromatic N) is 3. The molecule has 0 bridgehead atoms. The van der Waals surface area contributed by atoms with E-state index in [-0.39, 0.29) is 17.3 Å². The average molecular weight is 416 g/mol. The summed E-state index contributed by atoms with van der Waals surface area (Å²) in [6.07, 6.45) is -8.45. The van der Waals surface area contributed by atoms with Crippen molar-refractivity contribution >= 4 is 23.2 Å². The molecule has 1 amide bonds. The predicted molar refractivity (Wildman–Crippen MR) is 81.2 cm³/mol. The van der Waals surface area contributed by atoms with Gasteiger partial charge in [-0.15, -0.1) is 0 Å². The van der Waals surface area contributed by atoms with Gasteiger partial charge in [-0.25, -0.2) is 0 Å². The van der Waals surface area contributed by atoms with Crippen molar-refractivity contribution in [3.63, 3.8) is 0 Å². The number of hydrogen-bond acceptors (Lipinski definition) is 3. The van der Waals surface area contributed by atoms with Gasteiger partial charge >= 0.3 is 12.4 Å². The Labute approximate surface area is 152 Å². The van der Waals surface area contributed by atoms with Crippen LogP contribution in [-0.2, 0) is 23.7 Å². The van der Waals surface area contributed by atoms with E-state index in [4.69, 9.17) is 11.6 Å². The average Bonchev–Trinajstić information content (AvgIpc) is 3.19. The normalized spacial score (nSPS) is 15.3. The smallest absolute Gasteiger partial charge is 0.321 e. The van der Waals surface area contributed by atoms with Crippen LogP contribution in [0, 0.1) is 6.92 Å². The molecule has 0 aliphatic heterocycles. The van der Waals surface area contributed by atoms with Crippen molar-refractivity contribution in [2.45, 2.75) is 44.6 Å². The number of amides is 1. The van der Waals surface area contributed by atoms with Crippen molar-refractivity contribution in [2.75, 3.05) is 5.32 Å². The fourth-order valence-corrected chi connectivity index (χ4v) is 3.00. The number of carbonyl (C=O) groups excluding carboxylic acids is 1. The highest BCUT2D eigenvalue weighted by atomic mass is 35.5. The van der Waals surface area contributed by atoms with Crippen molar-refractivity contribution < 1.29 is 31.1 Å². The van der Waals surface area contributed by atoms with Crippen molar-refractivity contribution in [3.05, 3.63) is 27.8 Å². The number of rotatable bonds is 4. The van der Waals surface area contributed by atoms with E-state index in [0.717, 1.165) is 4.68 Å². The molecular formula is C14H12ClF6N5O. The molecule has 148 valence electrons. The summed E-state index contributed by atoms with van der Waals surface area (Å²) < 4.78 is 78.5. The largest absolute Gasteiger partial charge is 0.437 e. The number of carbonyl (C=O) groups is 1. The molecule has 13 heteroatoms. The van der Waals surface area contributed by atoms with Gasteiger partial charge in [-0.1, -0.05) is 11.6 Å². The van der Waals surface area contributed by atoms with E-state index in [2.05, 4.69) is 15.3 Å². The van der Waals surface area contributed by atoms with Crippen LogP contribution in [0.4, 0.5) is 32.0 Å². The first-order chi connectivity index (χ1) is 12.4. The van der Waals surface area contributed by atoms with E-state index in [1.54, 1.807) is 0 Å². The summed E-state index contributed by atoms with van der Waals surface area (Å²) >= 11 is 5.79. The van der Waals surface area contributed by atoms with Gasteiger partial charge in [-0.3, -0.25) is 14.6 Å². The zero-order valence-electron chi connectivity index (χ0n) is 13.6. The van der Waals surface area contributed by atoms with Gasteiger partial charge in [0, 0.05) is 5.92 Å². The Bertz CT molecular complexity index is 880. The van der Waals surface area contributed by atoms with Gasteiger partial charge in [0.05, 0.1) is 22.1 Å². The Morgan fingerprint density at radius 2 is 1.81 bits per heavy atom. The number of aromatic nitrogens is 4. The highest BCUT2D eigenvalue weighted by molar-refractivity contribution is 6.32. The predicted octanol–water partition coefficient (Wildman–Crippen LogP) is 4.12. The molecule has 0 saturated heterocycles. The Morgan fingerprint density at radius 3 is 2.33 bits per heavy atom. The maximum atomic E-state index is 13.0. The molecule has 1 fully saturated rings. The maximum Gasteiger partial charge on any atom is 0.437 e. The third-order valence-electron chi connectivity index (χ3n) is 3.94. The lowest BCUT2D eigenvalue weighted by molar-refractivity contribution is -0.142. The second-order valence-electron chi connectivity index (χ2n) is 6.10. The molecule has 2 N–H and O–H groups in total. The summed E-state index contributed by atoms with van der Waals surface area (Å²) in [5, 5.41) is 10.0. The highest BCUT2D eigenvalue weighted by Crippen LogP contribution is 2.47. The minimum Gasteiger partial charge on any atom is -0.321 e. The third-order valence-corrected chi connectivity index (χ3v) is 4.31. The van der Waals surface area contributed by atoms with Gasteiger partial charge in [0.1, 0.15) is 6.54 Å². The van der Waals surface area contributed by atoms with Gasteiger partial charge in [0.2, 0.25) is 5.91 Å². The van der Waals surface area contributed by atoms with Crippen molar-refractivity contribution in [3.8, 4) is 0 Å². The number of H-pyrrole nitrogens is 1. The Balaban J connectivity index is 1.87. The second kappa shape index (κ2) is 6.43. The van der Waals surface area contributed by atoms with Crippen LogP contribution in [0.25, 0.3) is 0 Å². The lowest BCUT2D eigenvalue weighted by Crippen LogP contribution is -2.23. The van der Waals surface area contributed by atoms with Crippen molar-refractivity contribution in [2.24, 2.45) is 0 Å². The fourth-order valence-electron chi connectivity index (χ4n) is 2.60. The minimum atomic E-state index is -4.81. The van der Waals surface area contributed by atoms with E-state index in [1.165, 1.54) is 6.92 Å².